The Balaban J connectivity index is 1.31. The molecule has 1 heterocycles. The van der Waals surface area contributed by atoms with Crippen molar-refractivity contribution in [3.05, 3.63) is 231 Å². The zero-order valence-corrected chi connectivity index (χ0v) is 32.2. The zero-order chi connectivity index (χ0) is 39.1. The average molecular weight is 755 g/mol. The summed E-state index contributed by atoms with van der Waals surface area (Å²) in [5.74, 6) is 1.45. The van der Waals surface area contributed by atoms with Crippen LogP contribution < -0.4 is 9.80 Å². The largest absolute Gasteiger partial charge is 0.422 e. The van der Waals surface area contributed by atoms with Crippen molar-refractivity contribution in [1.29, 1.82) is 0 Å². The van der Waals surface area contributed by atoms with Crippen molar-refractivity contribution in [3.63, 3.8) is 0 Å². The summed E-state index contributed by atoms with van der Waals surface area (Å²) in [5, 5.41) is 9.39. The second kappa shape index (κ2) is 14.6. The van der Waals surface area contributed by atoms with Crippen molar-refractivity contribution in [2.45, 2.75) is 0 Å². The molecule has 0 N–H and O–H groups in total. The van der Waals surface area contributed by atoms with E-state index in [0.29, 0.717) is 0 Å². The molecule has 0 saturated carbocycles. The molecule has 0 aliphatic carbocycles. The van der Waals surface area contributed by atoms with Crippen molar-refractivity contribution < 1.29 is 4.42 Å². The van der Waals surface area contributed by atoms with E-state index in [-0.39, 0.29) is 0 Å². The molecule has 59 heavy (non-hydrogen) atoms. The molecule has 11 aromatic rings. The van der Waals surface area contributed by atoms with Crippen LogP contribution in [0.5, 0.6) is 0 Å². The monoisotopic (exact) mass is 754 g/mol. The van der Waals surface area contributed by atoms with E-state index < -0.39 is 0 Å². The normalized spacial score (nSPS) is 11.4. The predicted octanol–water partition coefficient (Wildman–Crippen LogP) is 16.2. The first kappa shape index (κ1) is 34.4. The lowest BCUT2D eigenvalue weighted by Gasteiger charge is -2.27. The van der Waals surface area contributed by atoms with Gasteiger partial charge < -0.3 is 4.42 Å². The van der Waals surface area contributed by atoms with Crippen LogP contribution in [0.25, 0.3) is 65.3 Å². The van der Waals surface area contributed by atoms with E-state index in [1.54, 1.807) is 0 Å². The fourth-order valence-corrected chi connectivity index (χ4v) is 8.79. The lowest BCUT2D eigenvalue weighted by Crippen LogP contribution is -2.12. The molecule has 0 saturated heterocycles. The second-order valence-electron chi connectivity index (χ2n) is 14.9. The molecule has 3 heteroatoms. The van der Waals surface area contributed by atoms with Crippen molar-refractivity contribution in [1.82, 2.24) is 0 Å². The quantitative estimate of drug-likeness (QED) is 0.144. The van der Waals surface area contributed by atoms with Gasteiger partial charge in [-0.2, -0.15) is 0 Å². The van der Waals surface area contributed by atoms with Gasteiger partial charge in [-0.1, -0.05) is 194 Å². The average Bonchev–Trinajstić information content (AvgIpc) is 3.70. The maximum absolute atomic E-state index is 7.77. The number of nitrogens with zero attached hydrogens (tertiary/aromatic N) is 2. The van der Waals surface area contributed by atoms with E-state index in [9.17, 15) is 0 Å². The number of benzene rings is 10. The fraction of sp³-hybridized carbons (Fsp3) is 0. The summed E-state index contributed by atoms with van der Waals surface area (Å²) in [6, 6.07) is 82.1. The molecular weight excluding hydrogens is 717 g/mol. The van der Waals surface area contributed by atoms with Crippen molar-refractivity contribution in [2.75, 3.05) is 9.80 Å². The highest BCUT2D eigenvalue weighted by atomic mass is 16.4. The molecule has 278 valence electrons. The minimum absolute atomic E-state index is 0.725. The Bertz CT molecular complexity index is 3050. The number of hydrogen-bond acceptors (Lipinski definition) is 3. The molecule has 0 radical (unpaired) electrons. The van der Waals surface area contributed by atoms with Gasteiger partial charge in [-0.25, -0.2) is 0 Å². The maximum atomic E-state index is 7.77. The van der Waals surface area contributed by atoms with Crippen LogP contribution in [-0.4, -0.2) is 0 Å². The Morgan fingerprint density at radius 3 is 0.966 bits per heavy atom. The summed E-state index contributed by atoms with van der Waals surface area (Å²) in [6.07, 6.45) is 0. The molecule has 0 aliphatic heterocycles. The third kappa shape index (κ3) is 5.91. The van der Waals surface area contributed by atoms with Crippen LogP contribution >= 0.6 is 0 Å². The molecule has 1 aromatic heterocycles. The Kier molecular flexibility index (Phi) is 8.49. The van der Waals surface area contributed by atoms with Crippen LogP contribution in [0.2, 0.25) is 0 Å². The lowest BCUT2D eigenvalue weighted by molar-refractivity contribution is 0.582. The van der Waals surface area contributed by atoms with E-state index in [1.807, 2.05) is 0 Å². The lowest BCUT2D eigenvalue weighted by atomic mass is 9.95. The van der Waals surface area contributed by atoms with E-state index in [1.165, 1.54) is 21.5 Å². The molecule has 0 aliphatic rings. The first-order valence-corrected chi connectivity index (χ1v) is 20.1. The number of para-hydroxylation sites is 2. The van der Waals surface area contributed by atoms with E-state index in [4.69, 9.17) is 4.42 Å². The van der Waals surface area contributed by atoms with Gasteiger partial charge >= 0.3 is 0 Å². The first-order chi connectivity index (χ1) is 29.3. The summed E-state index contributed by atoms with van der Waals surface area (Å²) >= 11 is 0. The van der Waals surface area contributed by atoms with Crippen molar-refractivity contribution in [2.24, 2.45) is 0 Å². The van der Waals surface area contributed by atoms with Gasteiger partial charge in [0.25, 0.3) is 0 Å². The summed E-state index contributed by atoms with van der Waals surface area (Å²) < 4.78 is 7.77. The number of furan rings is 1. The highest BCUT2D eigenvalue weighted by Gasteiger charge is 2.33. The summed E-state index contributed by atoms with van der Waals surface area (Å²) in [4.78, 5) is 4.66. The van der Waals surface area contributed by atoms with Gasteiger partial charge in [0, 0.05) is 22.1 Å². The van der Waals surface area contributed by atoms with Gasteiger partial charge in [-0.15, -0.1) is 0 Å². The van der Waals surface area contributed by atoms with Crippen LogP contribution in [0.1, 0.15) is 0 Å². The Hall–Kier alpha value is -7.88. The van der Waals surface area contributed by atoms with Gasteiger partial charge in [-0.05, 0) is 79.8 Å². The number of anilines is 6. The van der Waals surface area contributed by atoms with Crippen LogP contribution in [-0.2, 0) is 0 Å². The molecular formula is C56H38N2O. The van der Waals surface area contributed by atoms with Crippen molar-refractivity contribution >= 4 is 77.6 Å². The van der Waals surface area contributed by atoms with E-state index in [2.05, 4.69) is 240 Å². The molecule has 0 spiro atoms. The van der Waals surface area contributed by atoms with Crippen LogP contribution in [0.4, 0.5) is 34.5 Å². The minimum Gasteiger partial charge on any atom is -0.422 e. The van der Waals surface area contributed by atoms with Crippen LogP contribution in [0, 0.1) is 0 Å². The first-order valence-electron chi connectivity index (χ1n) is 20.1. The number of hydrogen-bond donors (Lipinski definition) is 0. The van der Waals surface area contributed by atoms with E-state index >= 15 is 0 Å². The molecule has 3 nitrogen and oxygen atoms in total. The minimum atomic E-state index is 0.725. The van der Waals surface area contributed by atoms with Gasteiger partial charge in [0.15, 0.2) is 0 Å². The van der Waals surface area contributed by atoms with E-state index in [0.717, 1.165) is 78.3 Å². The second-order valence-corrected chi connectivity index (χ2v) is 14.9. The highest BCUT2D eigenvalue weighted by molar-refractivity contribution is 6.17. The molecule has 0 amide bonds. The maximum Gasteiger partial charge on any atom is 0.215 e. The van der Waals surface area contributed by atoms with Crippen LogP contribution in [0.15, 0.2) is 235 Å². The standard InChI is InChI=1S/C56H38N2O/c1-5-21-39(22-6-1)53-54(40-23-7-2-8-24-40)56(58(44-29-11-4-12-30-44)52-38-42-26-14-16-32-46(42)48-34-18-20-36-50(48)52)59-55(53)57(43-27-9-3-10-28-43)51-37-41-25-13-15-31-45(41)47-33-17-19-35-49(47)51/h1-38H. The summed E-state index contributed by atoms with van der Waals surface area (Å²) in [5.41, 5.74) is 8.16. The zero-order valence-electron chi connectivity index (χ0n) is 32.2. The smallest absolute Gasteiger partial charge is 0.215 e. The summed E-state index contributed by atoms with van der Waals surface area (Å²) in [6.45, 7) is 0. The summed E-state index contributed by atoms with van der Waals surface area (Å²) in [7, 11) is 0. The Labute approximate surface area is 343 Å². The molecule has 0 unspecified atom stereocenters. The molecule has 0 atom stereocenters. The Morgan fingerprint density at radius 1 is 0.271 bits per heavy atom. The predicted molar refractivity (Wildman–Crippen MR) is 249 cm³/mol. The van der Waals surface area contributed by atoms with Gasteiger partial charge in [-0.3, -0.25) is 9.80 Å². The molecule has 11 rings (SSSR count). The van der Waals surface area contributed by atoms with Crippen molar-refractivity contribution in [3.8, 4) is 22.3 Å². The number of rotatable bonds is 8. The van der Waals surface area contributed by atoms with Crippen LogP contribution in [0.3, 0.4) is 0 Å². The Morgan fingerprint density at radius 2 is 0.576 bits per heavy atom. The molecule has 0 bridgehead atoms. The molecule has 0 fully saturated rings. The fourth-order valence-electron chi connectivity index (χ4n) is 8.79. The molecule has 10 aromatic carbocycles. The van der Waals surface area contributed by atoms with Gasteiger partial charge in [0.1, 0.15) is 0 Å². The third-order valence-corrected chi connectivity index (χ3v) is 11.4. The van der Waals surface area contributed by atoms with Gasteiger partial charge in [0.2, 0.25) is 11.8 Å². The third-order valence-electron chi connectivity index (χ3n) is 11.4. The number of fused-ring (bicyclic) bond motifs is 6. The highest BCUT2D eigenvalue weighted by Crippen LogP contribution is 2.56. The SMILES string of the molecule is c1ccc(-c2c(N(c3ccccc3)c3cc4ccccc4c4ccccc34)oc(N(c3ccccc3)c3cc4ccccc4c4ccccc34)c2-c2ccccc2)cc1. The van der Waals surface area contributed by atoms with Gasteiger partial charge in [0.05, 0.1) is 22.5 Å². The topological polar surface area (TPSA) is 19.6 Å².